The van der Waals surface area contributed by atoms with Crippen molar-refractivity contribution in [1.82, 2.24) is 0 Å². The number of halogens is 2. The number of hydrogen-bond donors (Lipinski definition) is 1. The van der Waals surface area contributed by atoms with Crippen molar-refractivity contribution in [3.63, 3.8) is 0 Å². The fourth-order valence-corrected chi connectivity index (χ4v) is 5.76. The summed E-state index contributed by atoms with van der Waals surface area (Å²) in [4.78, 5) is 17.5. The maximum absolute atomic E-state index is 14.9. The first-order valence-corrected chi connectivity index (χ1v) is 12.8. The molecule has 0 aliphatic heterocycles. The number of unbranched alkanes of at least 4 members (excludes halogenated alkanes) is 2. The summed E-state index contributed by atoms with van der Waals surface area (Å²) in [6.45, 7) is 12.3. The quantitative estimate of drug-likeness (QED) is 0.213. The molecule has 0 saturated carbocycles. The predicted molar refractivity (Wildman–Crippen MR) is 139 cm³/mol. The number of carboxylic acid groups (broad SMARTS) is 1. The van der Waals surface area contributed by atoms with E-state index in [0.717, 1.165) is 40.0 Å². The van der Waals surface area contributed by atoms with Crippen LogP contribution < -0.4 is 4.90 Å². The van der Waals surface area contributed by atoms with Crippen LogP contribution >= 0.6 is 22.7 Å². The largest absolute Gasteiger partial charge is 0.486 e. The molecule has 3 aromatic rings. The Bertz CT molecular complexity index is 1210. The summed E-state index contributed by atoms with van der Waals surface area (Å²) in [7, 11) is 0. The minimum Gasteiger partial charge on any atom is -0.486 e. The van der Waals surface area contributed by atoms with Crippen LogP contribution in [0, 0.1) is 18.2 Å². The van der Waals surface area contributed by atoms with Crippen molar-refractivity contribution in [2.24, 2.45) is 0 Å². The zero-order chi connectivity index (χ0) is 24.7. The van der Waals surface area contributed by atoms with Gasteiger partial charge in [-0.05, 0) is 54.8 Å². The van der Waals surface area contributed by atoms with Crippen LogP contribution in [0.4, 0.5) is 14.5 Å². The average Bonchev–Trinajstić information content (AvgIpc) is 3.35. The Morgan fingerprint density at radius 2 is 1.56 bits per heavy atom. The molecule has 8 heteroatoms. The lowest BCUT2D eigenvalue weighted by Crippen LogP contribution is -2.27. The van der Waals surface area contributed by atoms with Gasteiger partial charge in [0, 0.05) is 32.2 Å². The molecule has 0 amide bonds. The second kappa shape index (κ2) is 11.9. The van der Waals surface area contributed by atoms with E-state index in [9.17, 15) is 13.6 Å². The summed E-state index contributed by atoms with van der Waals surface area (Å²) in [5.74, 6) is -2.35. The van der Waals surface area contributed by atoms with Crippen molar-refractivity contribution in [2.75, 3.05) is 18.0 Å². The van der Waals surface area contributed by atoms with E-state index >= 15 is 0 Å². The summed E-state index contributed by atoms with van der Waals surface area (Å²) < 4.78 is 31.7. The highest BCUT2D eigenvalue weighted by Crippen LogP contribution is 2.35. The molecule has 34 heavy (non-hydrogen) atoms. The number of thiophene rings is 2. The average molecular weight is 501 g/mol. The fourth-order valence-electron chi connectivity index (χ4n) is 3.50. The first-order chi connectivity index (χ1) is 16.4. The summed E-state index contributed by atoms with van der Waals surface area (Å²) in [5.41, 5.74) is 0.175. The molecule has 0 radical (unpaired) electrons. The Morgan fingerprint density at radius 3 is 2.09 bits per heavy atom. The summed E-state index contributed by atoms with van der Waals surface area (Å²) >= 11 is 2.88. The van der Waals surface area contributed by atoms with Crippen LogP contribution in [0.1, 0.15) is 54.8 Å². The number of aliphatic carboxylic acids is 1. The molecule has 0 fully saturated rings. The van der Waals surface area contributed by atoms with Crippen molar-refractivity contribution in [3.8, 4) is 0 Å². The van der Waals surface area contributed by atoms with Crippen molar-refractivity contribution in [3.05, 3.63) is 68.3 Å². The van der Waals surface area contributed by atoms with Crippen LogP contribution in [-0.4, -0.2) is 24.2 Å². The molecule has 0 atom stereocenters. The minimum absolute atomic E-state index is 0.0522. The van der Waals surface area contributed by atoms with Gasteiger partial charge in [0.2, 0.25) is 0 Å². The molecule has 178 valence electrons. The van der Waals surface area contributed by atoms with Gasteiger partial charge in [0.1, 0.15) is 17.3 Å². The zero-order valence-electron chi connectivity index (χ0n) is 19.1. The van der Waals surface area contributed by atoms with Crippen molar-refractivity contribution >= 4 is 62.0 Å². The smallest absolute Gasteiger partial charge is 0.333 e. The molecule has 0 bridgehead atoms. The van der Waals surface area contributed by atoms with E-state index in [0.29, 0.717) is 23.5 Å². The van der Waals surface area contributed by atoms with Crippen molar-refractivity contribution in [2.45, 2.75) is 39.5 Å². The van der Waals surface area contributed by atoms with Gasteiger partial charge < -0.3 is 10.0 Å². The van der Waals surface area contributed by atoms with Crippen LogP contribution in [-0.2, 0) is 4.79 Å². The normalized spacial score (nSPS) is 11.9. The number of hydrogen-bond acceptors (Lipinski definition) is 4. The van der Waals surface area contributed by atoms with Crippen LogP contribution in [0.5, 0.6) is 0 Å². The van der Waals surface area contributed by atoms with E-state index in [1.54, 1.807) is 6.08 Å². The van der Waals surface area contributed by atoms with E-state index < -0.39 is 17.6 Å². The summed E-state index contributed by atoms with van der Waals surface area (Å²) in [6.07, 6.45) is 8.55. The molecule has 1 N–H and O–H groups in total. The molecule has 0 saturated heterocycles. The molecule has 2 heterocycles. The molecule has 1 aromatic carbocycles. The standard InChI is InChI=1S/C26H26F2N2O2S2/c1-4-6-10-30(11-7-5-2)25-20(27)12-17(13-21(25)28)8-9-18-15-23-24(33-18)16-19(34-23)14-22(29-3)26(31)32/h8-9,12-16H,4-7,10-11H2,1-2H3,(H,31,32)/b9-8+,22-14-. The van der Waals surface area contributed by atoms with Gasteiger partial charge in [-0.3, -0.25) is 4.79 Å². The number of rotatable bonds is 11. The minimum atomic E-state index is -1.25. The molecule has 0 aliphatic rings. The van der Waals surface area contributed by atoms with Gasteiger partial charge in [-0.1, -0.05) is 32.8 Å². The van der Waals surface area contributed by atoms with E-state index in [2.05, 4.69) is 18.7 Å². The Kier molecular flexibility index (Phi) is 8.97. The Labute approximate surface area is 206 Å². The van der Waals surface area contributed by atoms with E-state index in [1.165, 1.54) is 40.9 Å². The van der Waals surface area contributed by atoms with Crippen molar-refractivity contribution < 1.29 is 18.7 Å². The molecule has 0 spiro atoms. The van der Waals surface area contributed by atoms with E-state index in [4.69, 9.17) is 11.7 Å². The van der Waals surface area contributed by atoms with Crippen molar-refractivity contribution in [1.29, 1.82) is 0 Å². The predicted octanol–water partition coefficient (Wildman–Crippen LogP) is 8.16. The lowest BCUT2D eigenvalue weighted by atomic mass is 10.1. The summed E-state index contributed by atoms with van der Waals surface area (Å²) in [5, 5.41) is 9.01. The third-order valence-electron chi connectivity index (χ3n) is 5.22. The highest BCUT2D eigenvalue weighted by molar-refractivity contribution is 7.28. The van der Waals surface area contributed by atoms with Gasteiger partial charge in [0.05, 0.1) is 6.57 Å². The second-order valence-electron chi connectivity index (χ2n) is 7.83. The number of carboxylic acids is 1. The molecule has 0 unspecified atom stereocenters. The number of nitrogens with zero attached hydrogens (tertiary/aromatic N) is 2. The zero-order valence-corrected chi connectivity index (χ0v) is 20.7. The van der Waals surface area contributed by atoms with Crippen LogP contribution in [0.15, 0.2) is 30.0 Å². The van der Waals surface area contributed by atoms with Crippen LogP contribution in [0.2, 0.25) is 0 Å². The second-order valence-corrected chi connectivity index (χ2v) is 10.1. The van der Waals surface area contributed by atoms with E-state index in [-0.39, 0.29) is 11.4 Å². The molecular formula is C26H26F2N2O2S2. The molecule has 2 aromatic heterocycles. The Hall–Kier alpha value is -3.02. The maximum atomic E-state index is 14.9. The first kappa shape index (κ1) is 25.6. The number of anilines is 1. The lowest BCUT2D eigenvalue weighted by molar-refractivity contribution is -0.132. The number of fused-ring (bicyclic) bond motifs is 1. The SMILES string of the molecule is [C-]#[N+]/C(=C\c1cc2sc(/C=C/c3cc(F)c(N(CCCC)CCCC)c(F)c3)cc2s1)C(=O)O. The summed E-state index contributed by atoms with van der Waals surface area (Å²) in [6, 6.07) is 6.52. The third-order valence-corrected chi connectivity index (χ3v) is 7.43. The third kappa shape index (κ3) is 6.31. The molecular weight excluding hydrogens is 474 g/mol. The van der Waals surface area contributed by atoms with Gasteiger partial charge in [0.15, 0.2) is 0 Å². The Morgan fingerprint density at radius 1 is 1.00 bits per heavy atom. The molecule has 0 aliphatic carbocycles. The number of benzene rings is 1. The fraction of sp³-hybridized carbons (Fsp3) is 0.308. The van der Waals surface area contributed by atoms with Gasteiger partial charge in [0.25, 0.3) is 5.70 Å². The number of carbonyl (C=O) groups is 1. The van der Waals surface area contributed by atoms with E-state index in [1.807, 2.05) is 23.1 Å². The van der Waals surface area contributed by atoms with Crippen LogP contribution in [0.25, 0.3) is 32.5 Å². The topological polar surface area (TPSA) is 44.9 Å². The lowest BCUT2D eigenvalue weighted by Gasteiger charge is -2.25. The highest BCUT2D eigenvalue weighted by Gasteiger charge is 2.17. The monoisotopic (exact) mass is 500 g/mol. The van der Waals surface area contributed by atoms with Gasteiger partial charge >= 0.3 is 5.97 Å². The highest BCUT2D eigenvalue weighted by atomic mass is 32.1. The maximum Gasteiger partial charge on any atom is 0.333 e. The Balaban J connectivity index is 1.80. The molecule has 4 nitrogen and oxygen atoms in total. The van der Waals surface area contributed by atoms with Crippen LogP contribution in [0.3, 0.4) is 0 Å². The van der Waals surface area contributed by atoms with Gasteiger partial charge in [-0.15, -0.1) is 22.7 Å². The molecule has 3 rings (SSSR count). The first-order valence-electron chi connectivity index (χ1n) is 11.1. The van der Waals surface area contributed by atoms with Gasteiger partial charge in [-0.2, -0.15) is 0 Å². The van der Waals surface area contributed by atoms with Gasteiger partial charge in [-0.25, -0.2) is 13.6 Å².